The lowest BCUT2D eigenvalue weighted by Gasteiger charge is -2.13. The molecule has 78 valence electrons. The van der Waals surface area contributed by atoms with Crippen molar-refractivity contribution in [2.75, 3.05) is 5.75 Å². The van der Waals surface area contributed by atoms with Crippen LogP contribution in [0.3, 0.4) is 0 Å². The topological polar surface area (TPSA) is 37.3 Å². The number of rotatable bonds is 3. The summed E-state index contributed by atoms with van der Waals surface area (Å²) in [5.74, 6) is -5.22. The van der Waals surface area contributed by atoms with Gasteiger partial charge in [-0.15, -0.1) is 0 Å². The fourth-order valence-corrected chi connectivity index (χ4v) is 1.41. The fraction of sp³-hybridized carbons (Fsp3) is 0.250. The SMILES string of the molecule is O=S(O)CC(F)(F)c1ccc(F)cc1. The largest absolute Gasteiger partial charge is 0.306 e. The number of hydrogen-bond donors (Lipinski definition) is 1. The third-order valence-corrected chi connectivity index (χ3v) is 2.18. The van der Waals surface area contributed by atoms with Gasteiger partial charge in [-0.25, -0.2) is 17.4 Å². The maximum absolute atomic E-state index is 13.1. The number of halogens is 3. The van der Waals surface area contributed by atoms with Gasteiger partial charge in [-0.1, -0.05) is 12.1 Å². The van der Waals surface area contributed by atoms with Crippen molar-refractivity contribution in [3.8, 4) is 0 Å². The normalized spacial score (nSPS) is 14.0. The van der Waals surface area contributed by atoms with Crippen LogP contribution in [0.15, 0.2) is 24.3 Å². The van der Waals surface area contributed by atoms with E-state index in [0.717, 1.165) is 24.3 Å². The molecule has 1 aromatic rings. The lowest BCUT2D eigenvalue weighted by molar-refractivity contribution is 0.0210. The van der Waals surface area contributed by atoms with Gasteiger partial charge < -0.3 is 4.55 Å². The van der Waals surface area contributed by atoms with E-state index in [1.165, 1.54) is 0 Å². The zero-order valence-corrected chi connectivity index (χ0v) is 7.73. The van der Waals surface area contributed by atoms with Crippen molar-refractivity contribution in [1.82, 2.24) is 0 Å². The van der Waals surface area contributed by atoms with Gasteiger partial charge in [-0.2, -0.15) is 0 Å². The molecule has 0 fully saturated rings. The molecule has 1 aromatic carbocycles. The maximum atomic E-state index is 13.1. The first-order valence-corrected chi connectivity index (χ1v) is 4.91. The Morgan fingerprint density at radius 2 is 1.79 bits per heavy atom. The monoisotopic (exact) mass is 224 g/mol. The van der Waals surface area contributed by atoms with Gasteiger partial charge in [0.1, 0.15) is 11.6 Å². The van der Waals surface area contributed by atoms with Crippen molar-refractivity contribution >= 4 is 11.1 Å². The summed E-state index contributed by atoms with van der Waals surface area (Å²) >= 11 is -2.58. The summed E-state index contributed by atoms with van der Waals surface area (Å²) in [6.07, 6.45) is 0. The predicted molar refractivity (Wildman–Crippen MR) is 45.9 cm³/mol. The van der Waals surface area contributed by atoms with Crippen LogP contribution in [-0.4, -0.2) is 14.5 Å². The third kappa shape index (κ3) is 2.81. The lowest BCUT2D eigenvalue weighted by Crippen LogP contribution is -2.21. The molecular formula is C8H7F3O2S. The molecule has 0 aliphatic heterocycles. The van der Waals surface area contributed by atoms with Gasteiger partial charge in [-0.05, 0) is 12.1 Å². The molecule has 0 aromatic heterocycles. The standard InChI is InChI=1S/C8H7F3O2S/c9-7-3-1-6(2-4-7)8(10,11)5-14(12)13/h1-4H,5H2,(H,12,13). The van der Waals surface area contributed by atoms with E-state index in [4.69, 9.17) is 4.55 Å². The Hall–Kier alpha value is -0.880. The van der Waals surface area contributed by atoms with E-state index < -0.39 is 34.1 Å². The molecule has 0 saturated carbocycles. The van der Waals surface area contributed by atoms with Crippen LogP contribution in [0.2, 0.25) is 0 Å². The Kier molecular flexibility index (Phi) is 3.28. The van der Waals surface area contributed by atoms with Crippen LogP contribution in [-0.2, 0) is 17.0 Å². The van der Waals surface area contributed by atoms with Crippen LogP contribution >= 0.6 is 0 Å². The second kappa shape index (κ2) is 4.10. The zero-order chi connectivity index (χ0) is 10.8. The smallest absolute Gasteiger partial charge is 0.286 e. The summed E-state index contributed by atoms with van der Waals surface area (Å²) in [6, 6.07) is 3.54. The van der Waals surface area contributed by atoms with Gasteiger partial charge in [0.15, 0.2) is 11.1 Å². The van der Waals surface area contributed by atoms with E-state index in [1.807, 2.05) is 0 Å². The summed E-state index contributed by atoms with van der Waals surface area (Å²) < 4.78 is 57.0. The number of benzene rings is 1. The van der Waals surface area contributed by atoms with Crippen LogP contribution in [0.4, 0.5) is 13.2 Å². The molecule has 14 heavy (non-hydrogen) atoms. The van der Waals surface area contributed by atoms with Crippen molar-refractivity contribution < 1.29 is 21.9 Å². The fourth-order valence-electron chi connectivity index (χ4n) is 0.932. The molecule has 0 heterocycles. The van der Waals surface area contributed by atoms with Crippen LogP contribution in [0, 0.1) is 5.82 Å². The first-order chi connectivity index (χ1) is 6.42. The molecule has 0 amide bonds. The molecule has 2 nitrogen and oxygen atoms in total. The molecule has 0 saturated heterocycles. The van der Waals surface area contributed by atoms with Gasteiger partial charge in [0, 0.05) is 5.56 Å². The highest BCUT2D eigenvalue weighted by atomic mass is 32.2. The van der Waals surface area contributed by atoms with Crippen LogP contribution in [0.25, 0.3) is 0 Å². The Morgan fingerprint density at radius 1 is 1.29 bits per heavy atom. The molecule has 0 bridgehead atoms. The van der Waals surface area contributed by atoms with Gasteiger partial charge in [0.05, 0.1) is 0 Å². The van der Waals surface area contributed by atoms with Crippen molar-refractivity contribution in [1.29, 1.82) is 0 Å². The summed E-state index contributed by atoms with van der Waals surface area (Å²) in [5.41, 5.74) is -0.471. The van der Waals surface area contributed by atoms with Crippen molar-refractivity contribution in [3.63, 3.8) is 0 Å². The van der Waals surface area contributed by atoms with Gasteiger partial charge in [-0.3, -0.25) is 0 Å². The predicted octanol–water partition coefficient (Wildman–Crippen LogP) is 2.14. The molecular weight excluding hydrogens is 217 g/mol. The minimum absolute atomic E-state index is 0.471. The lowest BCUT2D eigenvalue weighted by atomic mass is 10.1. The third-order valence-electron chi connectivity index (χ3n) is 1.57. The highest BCUT2D eigenvalue weighted by Crippen LogP contribution is 2.28. The maximum Gasteiger partial charge on any atom is 0.286 e. The quantitative estimate of drug-likeness (QED) is 0.798. The molecule has 1 atom stereocenters. The Labute approximate surface area is 81.0 Å². The van der Waals surface area contributed by atoms with E-state index in [9.17, 15) is 17.4 Å². The molecule has 1 rings (SSSR count). The minimum Gasteiger partial charge on any atom is -0.306 e. The average molecular weight is 224 g/mol. The summed E-state index contributed by atoms with van der Waals surface area (Å²) in [4.78, 5) is 0. The number of alkyl halides is 2. The second-order valence-electron chi connectivity index (χ2n) is 2.68. The van der Waals surface area contributed by atoms with Crippen molar-refractivity contribution in [2.24, 2.45) is 0 Å². The molecule has 1 N–H and O–H groups in total. The highest BCUT2D eigenvalue weighted by molar-refractivity contribution is 7.79. The summed E-state index contributed by atoms with van der Waals surface area (Å²) in [7, 11) is 0. The van der Waals surface area contributed by atoms with E-state index in [1.54, 1.807) is 0 Å². The molecule has 1 unspecified atom stereocenters. The van der Waals surface area contributed by atoms with Gasteiger partial charge in [0.25, 0.3) is 5.92 Å². The van der Waals surface area contributed by atoms with Gasteiger partial charge in [0.2, 0.25) is 0 Å². The summed E-state index contributed by atoms with van der Waals surface area (Å²) in [5, 5.41) is 0. The second-order valence-corrected chi connectivity index (χ2v) is 3.61. The van der Waals surface area contributed by atoms with Crippen LogP contribution in [0.1, 0.15) is 5.56 Å². The Morgan fingerprint density at radius 3 is 2.21 bits per heavy atom. The first-order valence-electron chi connectivity index (χ1n) is 3.63. The van der Waals surface area contributed by atoms with E-state index in [-0.39, 0.29) is 0 Å². The molecule has 6 heteroatoms. The Bertz CT molecular complexity index is 337. The number of hydrogen-bond acceptors (Lipinski definition) is 1. The van der Waals surface area contributed by atoms with E-state index in [2.05, 4.69) is 0 Å². The van der Waals surface area contributed by atoms with Crippen molar-refractivity contribution in [3.05, 3.63) is 35.6 Å². The average Bonchev–Trinajstić information content (AvgIpc) is 2.02. The summed E-state index contributed by atoms with van der Waals surface area (Å²) in [6.45, 7) is 0. The van der Waals surface area contributed by atoms with Crippen LogP contribution in [0.5, 0.6) is 0 Å². The van der Waals surface area contributed by atoms with Gasteiger partial charge >= 0.3 is 0 Å². The molecule has 0 spiro atoms. The highest BCUT2D eigenvalue weighted by Gasteiger charge is 2.33. The molecule has 0 aliphatic carbocycles. The minimum atomic E-state index is -3.41. The first kappa shape index (κ1) is 11.2. The van der Waals surface area contributed by atoms with E-state index >= 15 is 0 Å². The molecule has 0 radical (unpaired) electrons. The van der Waals surface area contributed by atoms with E-state index in [0.29, 0.717) is 0 Å². The van der Waals surface area contributed by atoms with Crippen molar-refractivity contribution in [2.45, 2.75) is 5.92 Å². The van der Waals surface area contributed by atoms with Crippen LogP contribution < -0.4 is 0 Å². The molecule has 0 aliphatic rings. The zero-order valence-electron chi connectivity index (χ0n) is 6.91. The Balaban J connectivity index is 2.91.